The van der Waals surface area contributed by atoms with Crippen LogP contribution in [0.15, 0.2) is 4.99 Å². The van der Waals surface area contributed by atoms with Gasteiger partial charge in [0.15, 0.2) is 5.96 Å². The highest BCUT2D eigenvalue weighted by Gasteiger charge is 2.19. The van der Waals surface area contributed by atoms with Crippen LogP contribution in [0, 0.1) is 0 Å². The first-order chi connectivity index (χ1) is 9.94. The second-order valence-corrected chi connectivity index (χ2v) is 6.15. The van der Waals surface area contributed by atoms with E-state index in [9.17, 15) is 0 Å². The van der Waals surface area contributed by atoms with Crippen molar-refractivity contribution in [1.29, 1.82) is 0 Å². The molecule has 0 spiro atoms. The number of ether oxygens (including phenoxy) is 1. The molecule has 0 unspecified atom stereocenters. The molecule has 0 aromatic carbocycles. The molecule has 5 nitrogen and oxygen atoms in total. The minimum Gasteiger partial charge on any atom is -0.381 e. The molecule has 0 saturated carbocycles. The van der Waals surface area contributed by atoms with E-state index in [4.69, 9.17) is 4.74 Å². The van der Waals surface area contributed by atoms with Gasteiger partial charge < -0.3 is 20.3 Å². The Bertz CT molecular complexity index is 277. The average Bonchev–Trinajstić information content (AvgIpc) is 2.43. The summed E-state index contributed by atoms with van der Waals surface area (Å²) < 4.78 is 5.55. The zero-order valence-corrected chi connectivity index (χ0v) is 15.0. The summed E-state index contributed by atoms with van der Waals surface area (Å²) >= 11 is 0. The predicted octanol–water partition coefficient (Wildman–Crippen LogP) is 2.09. The van der Waals surface area contributed by atoms with Crippen LogP contribution >= 0.6 is 0 Å². The third-order valence-corrected chi connectivity index (χ3v) is 3.58. The quantitative estimate of drug-likeness (QED) is 0.348. The minimum atomic E-state index is 0.0611. The second-order valence-electron chi connectivity index (χ2n) is 6.15. The Morgan fingerprint density at radius 1 is 1.10 bits per heavy atom. The summed E-state index contributed by atoms with van der Waals surface area (Å²) in [7, 11) is 4.17. The highest BCUT2D eigenvalue weighted by Crippen LogP contribution is 2.09. The summed E-state index contributed by atoms with van der Waals surface area (Å²) in [6.45, 7) is 12.9. The Morgan fingerprint density at radius 3 is 2.33 bits per heavy atom. The molecule has 0 bridgehead atoms. The zero-order valence-electron chi connectivity index (χ0n) is 15.0. The summed E-state index contributed by atoms with van der Waals surface area (Å²) in [6, 6.07) is 0. The summed E-state index contributed by atoms with van der Waals surface area (Å²) in [5.74, 6) is 0.890. The number of aliphatic imine (C=N–C) groups is 1. The van der Waals surface area contributed by atoms with Gasteiger partial charge in [0.1, 0.15) is 0 Å². The van der Waals surface area contributed by atoms with E-state index in [1.807, 2.05) is 0 Å². The molecule has 0 aliphatic heterocycles. The third kappa shape index (κ3) is 10.5. The van der Waals surface area contributed by atoms with E-state index >= 15 is 0 Å². The molecule has 0 aliphatic carbocycles. The minimum absolute atomic E-state index is 0.0611. The van der Waals surface area contributed by atoms with Gasteiger partial charge in [0, 0.05) is 31.8 Å². The molecule has 0 fully saturated rings. The summed E-state index contributed by atoms with van der Waals surface area (Å²) in [5.41, 5.74) is 0.0611. The summed E-state index contributed by atoms with van der Waals surface area (Å²) in [6.07, 6.45) is 3.35. The van der Waals surface area contributed by atoms with Gasteiger partial charge in [0.05, 0.1) is 6.54 Å². The number of unbranched alkanes of at least 4 members (excludes halogenated alkanes) is 1. The molecule has 0 heterocycles. The van der Waals surface area contributed by atoms with E-state index in [1.54, 1.807) is 0 Å². The largest absolute Gasteiger partial charge is 0.381 e. The second kappa shape index (κ2) is 11.8. The van der Waals surface area contributed by atoms with Crippen molar-refractivity contribution in [3.05, 3.63) is 0 Å². The molecule has 0 rings (SSSR count). The van der Waals surface area contributed by atoms with Crippen LogP contribution in [0.2, 0.25) is 0 Å². The topological polar surface area (TPSA) is 48.9 Å². The molecule has 0 saturated heterocycles. The summed E-state index contributed by atoms with van der Waals surface area (Å²) in [4.78, 5) is 6.86. The smallest absolute Gasteiger partial charge is 0.191 e. The fraction of sp³-hybridized carbons (Fsp3) is 0.938. The number of guanidine groups is 1. The number of hydrogen-bond donors (Lipinski definition) is 2. The van der Waals surface area contributed by atoms with Crippen molar-refractivity contribution < 1.29 is 4.74 Å². The fourth-order valence-corrected chi connectivity index (χ4v) is 1.49. The van der Waals surface area contributed by atoms with Crippen molar-refractivity contribution >= 4 is 5.96 Å². The number of nitrogens with one attached hydrogen (secondary N) is 2. The Labute approximate surface area is 131 Å². The van der Waals surface area contributed by atoms with Gasteiger partial charge >= 0.3 is 0 Å². The lowest BCUT2D eigenvalue weighted by atomic mass is 10.1. The highest BCUT2D eigenvalue weighted by atomic mass is 16.5. The van der Waals surface area contributed by atoms with E-state index in [0.717, 1.165) is 51.6 Å². The summed E-state index contributed by atoms with van der Waals surface area (Å²) in [5, 5.41) is 6.65. The van der Waals surface area contributed by atoms with Gasteiger partial charge in [-0.25, -0.2) is 0 Å². The van der Waals surface area contributed by atoms with E-state index in [-0.39, 0.29) is 5.54 Å². The molecule has 0 aliphatic rings. The monoisotopic (exact) mass is 300 g/mol. The van der Waals surface area contributed by atoms with Crippen molar-refractivity contribution in [1.82, 2.24) is 15.5 Å². The molecule has 0 aromatic heterocycles. The maximum Gasteiger partial charge on any atom is 0.191 e. The first-order valence-electron chi connectivity index (χ1n) is 8.21. The molecule has 0 radical (unpaired) electrons. The van der Waals surface area contributed by atoms with Crippen molar-refractivity contribution in [2.24, 2.45) is 4.99 Å². The fourth-order valence-electron chi connectivity index (χ4n) is 1.49. The standard InChI is InChI=1S/C16H36N4O/c1-7-9-12-21-13-10-11-18-15(17-8-2)19-14-16(3,4)20(5)6/h7-14H2,1-6H3,(H2,17,18,19). The van der Waals surface area contributed by atoms with Gasteiger partial charge in [-0.1, -0.05) is 13.3 Å². The zero-order chi connectivity index (χ0) is 16.1. The van der Waals surface area contributed by atoms with Crippen LogP contribution in [0.3, 0.4) is 0 Å². The van der Waals surface area contributed by atoms with Gasteiger partial charge in [-0.2, -0.15) is 0 Å². The SMILES string of the molecule is CCCCOCCCNC(=NCC(C)(C)N(C)C)NCC. The predicted molar refractivity (Wildman–Crippen MR) is 92.1 cm³/mol. The van der Waals surface area contributed by atoms with Crippen LogP contribution in [-0.2, 0) is 4.74 Å². The number of likely N-dealkylation sites (N-methyl/N-ethyl adjacent to an activating group) is 1. The Balaban J connectivity index is 4.01. The molecular formula is C16H36N4O. The van der Waals surface area contributed by atoms with Crippen molar-refractivity contribution in [2.45, 2.75) is 52.5 Å². The molecular weight excluding hydrogens is 264 g/mol. The van der Waals surface area contributed by atoms with Gasteiger partial charge in [-0.3, -0.25) is 4.99 Å². The molecule has 0 aromatic rings. The van der Waals surface area contributed by atoms with E-state index in [1.165, 1.54) is 6.42 Å². The Hall–Kier alpha value is -0.810. The van der Waals surface area contributed by atoms with Gasteiger partial charge in [0.25, 0.3) is 0 Å². The van der Waals surface area contributed by atoms with Crippen LogP contribution < -0.4 is 10.6 Å². The van der Waals surface area contributed by atoms with Crippen molar-refractivity contribution in [3.8, 4) is 0 Å². The number of nitrogens with zero attached hydrogens (tertiary/aromatic N) is 2. The average molecular weight is 300 g/mol. The molecule has 0 atom stereocenters. The molecule has 0 amide bonds. The number of hydrogen-bond acceptors (Lipinski definition) is 3. The lowest BCUT2D eigenvalue weighted by molar-refractivity contribution is 0.129. The van der Waals surface area contributed by atoms with E-state index in [0.29, 0.717) is 0 Å². The molecule has 2 N–H and O–H groups in total. The molecule has 21 heavy (non-hydrogen) atoms. The first-order valence-corrected chi connectivity index (χ1v) is 8.21. The van der Waals surface area contributed by atoms with E-state index < -0.39 is 0 Å². The first kappa shape index (κ1) is 20.2. The number of rotatable bonds is 11. The lowest BCUT2D eigenvalue weighted by Crippen LogP contribution is -2.44. The van der Waals surface area contributed by atoms with Crippen LogP contribution in [0.5, 0.6) is 0 Å². The van der Waals surface area contributed by atoms with Crippen LogP contribution in [0.4, 0.5) is 0 Å². The Morgan fingerprint density at radius 2 is 1.76 bits per heavy atom. The normalized spacial score (nSPS) is 12.8. The van der Waals surface area contributed by atoms with Gasteiger partial charge in [0.2, 0.25) is 0 Å². The molecule has 126 valence electrons. The van der Waals surface area contributed by atoms with Crippen LogP contribution in [-0.4, -0.2) is 63.3 Å². The maximum atomic E-state index is 5.55. The highest BCUT2D eigenvalue weighted by molar-refractivity contribution is 5.79. The van der Waals surface area contributed by atoms with Crippen LogP contribution in [0.1, 0.15) is 47.0 Å². The van der Waals surface area contributed by atoms with E-state index in [2.05, 4.69) is 62.3 Å². The van der Waals surface area contributed by atoms with Crippen LogP contribution in [0.25, 0.3) is 0 Å². The van der Waals surface area contributed by atoms with Crippen molar-refractivity contribution in [2.75, 3.05) is 46.9 Å². The maximum absolute atomic E-state index is 5.55. The van der Waals surface area contributed by atoms with Gasteiger partial charge in [-0.15, -0.1) is 0 Å². The lowest BCUT2D eigenvalue weighted by Gasteiger charge is -2.31. The third-order valence-electron chi connectivity index (χ3n) is 3.58. The van der Waals surface area contributed by atoms with Gasteiger partial charge in [-0.05, 0) is 47.7 Å². The molecule has 5 heteroatoms. The van der Waals surface area contributed by atoms with Crippen molar-refractivity contribution in [3.63, 3.8) is 0 Å². The Kier molecular flexibility index (Phi) is 11.4.